The molecular weight excluding hydrogens is 364 g/mol. The van der Waals surface area contributed by atoms with Crippen LogP contribution in [0, 0.1) is 0 Å². The minimum atomic E-state index is -0.703. The number of urea groups is 1. The van der Waals surface area contributed by atoms with Gasteiger partial charge < -0.3 is 14.8 Å². The Kier molecular flexibility index (Phi) is 7.98. The van der Waals surface area contributed by atoms with Crippen molar-refractivity contribution in [2.24, 2.45) is 0 Å². The lowest BCUT2D eigenvalue weighted by molar-refractivity contribution is -0.147. The number of benzene rings is 1. The summed E-state index contributed by atoms with van der Waals surface area (Å²) in [5.41, 5.74) is 0.927. The lowest BCUT2D eigenvalue weighted by Gasteiger charge is -2.22. The van der Waals surface area contributed by atoms with Crippen molar-refractivity contribution in [3.8, 4) is 5.75 Å². The quantitative estimate of drug-likeness (QED) is 0.545. The standard InChI is InChI=1S/C20H26N2O6/c1-13(23)14-8-9-17(27-2)15(10-14)11-19(25)28-12-18(24)22-20(26)21-16-6-4-3-5-7-16/h8-10,16H,3-7,11-12H2,1-2H3,(H2,21,22,24,26). The summed E-state index contributed by atoms with van der Waals surface area (Å²) in [6.45, 7) is 0.859. The topological polar surface area (TPSA) is 111 Å². The van der Waals surface area contributed by atoms with Gasteiger partial charge in [0.05, 0.1) is 13.5 Å². The van der Waals surface area contributed by atoms with Gasteiger partial charge in [-0.3, -0.25) is 19.7 Å². The molecule has 1 aliphatic carbocycles. The summed E-state index contributed by atoms with van der Waals surface area (Å²) in [5, 5.41) is 4.91. The predicted octanol–water partition coefficient (Wildman–Crippen LogP) is 2.14. The van der Waals surface area contributed by atoms with Gasteiger partial charge in [-0.2, -0.15) is 0 Å². The number of imide groups is 1. The van der Waals surface area contributed by atoms with E-state index in [0.717, 1.165) is 32.1 Å². The summed E-state index contributed by atoms with van der Waals surface area (Å²) in [6.07, 6.45) is 4.92. The number of hydrogen-bond acceptors (Lipinski definition) is 6. The molecule has 1 fully saturated rings. The van der Waals surface area contributed by atoms with E-state index in [4.69, 9.17) is 9.47 Å². The Morgan fingerprint density at radius 1 is 1.11 bits per heavy atom. The number of carbonyl (C=O) groups is 4. The molecule has 1 aromatic rings. The number of ether oxygens (including phenoxy) is 2. The fourth-order valence-electron chi connectivity index (χ4n) is 3.12. The average molecular weight is 390 g/mol. The van der Waals surface area contributed by atoms with Crippen LogP contribution in [0.2, 0.25) is 0 Å². The largest absolute Gasteiger partial charge is 0.496 e. The molecule has 0 atom stereocenters. The predicted molar refractivity (Wildman–Crippen MR) is 101 cm³/mol. The fraction of sp³-hybridized carbons (Fsp3) is 0.500. The summed E-state index contributed by atoms with van der Waals surface area (Å²) < 4.78 is 10.1. The van der Waals surface area contributed by atoms with Gasteiger partial charge in [0, 0.05) is 17.2 Å². The number of methoxy groups -OCH3 is 1. The molecule has 0 unspecified atom stereocenters. The van der Waals surface area contributed by atoms with E-state index < -0.39 is 24.5 Å². The van der Waals surface area contributed by atoms with Crippen LogP contribution in [0.3, 0.4) is 0 Å². The van der Waals surface area contributed by atoms with Crippen LogP contribution in [-0.4, -0.2) is 43.4 Å². The normalized spacial score (nSPS) is 14.1. The summed E-state index contributed by atoms with van der Waals surface area (Å²) in [4.78, 5) is 47.1. The Balaban J connectivity index is 1.80. The number of nitrogens with one attached hydrogen (secondary N) is 2. The van der Waals surface area contributed by atoms with E-state index in [0.29, 0.717) is 16.9 Å². The molecular formula is C20H26N2O6. The Labute approximate surface area is 164 Å². The number of amides is 3. The van der Waals surface area contributed by atoms with E-state index in [-0.39, 0.29) is 18.2 Å². The Morgan fingerprint density at radius 3 is 2.46 bits per heavy atom. The number of ketones is 1. The van der Waals surface area contributed by atoms with Crippen LogP contribution in [0.25, 0.3) is 0 Å². The van der Waals surface area contributed by atoms with E-state index in [2.05, 4.69) is 10.6 Å². The molecule has 0 aromatic heterocycles. The monoisotopic (exact) mass is 390 g/mol. The summed E-state index contributed by atoms with van der Waals surface area (Å²) in [5.74, 6) is -1.06. The molecule has 152 valence electrons. The van der Waals surface area contributed by atoms with Crippen LogP contribution < -0.4 is 15.4 Å². The highest BCUT2D eigenvalue weighted by molar-refractivity contribution is 5.96. The number of rotatable bonds is 7. The van der Waals surface area contributed by atoms with Crippen LogP contribution in [0.5, 0.6) is 5.75 Å². The van der Waals surface area contributed by atoms with Gasteiger partial charge in [-0.15, -0.1) is 0 Å². The first-order valence-electron chi connectivity index (χ1n) is 9.33. The van der Waals surface area contributed by atoms with E-state index in [9.17, 15) is 19.2 Å². The van der Waals surface area contributed by atoms with Crippen molar-refractivity contribution in [1.82, 2.24) is 10.6 Å². The highest BCUT2D eigenvalue weighted by Crippen LogP contribution is 2.21. The van der Waals surface area contributed by atoms with E-state index in [1.54, 1.807) is 18.2 Å². The first kappa shape index (κ1) is 21.4. The molecule has 0 bridgehead atoms. The van der Waals surface area contributed by atoms with Gasteiger partial charge in [-0.05, 0) is 38.0 Å². The zero-order chi connectivity index (χ0) is 20.5. The molecule has 0 aliphatic heterocycles. The molecule has 8 nitrogen and oxygen atoms in total. The lowest BCUT2D eigenvalue weighted by Crippen LogP contribution is -2.46. The summed E-state index contributed by atoms with van der Waals surface area (Å²) in [7, 11) is 1.45. The average Bonchev–Trinajstić information content (AvgIpc) is 2.67. The number of hydrogen-bond donors (Lipinski definition) is 2. The first-order chi connectivity index (χ1) is 13.4. The molecule has 2 N–H and O–H groups in total. The molecule has 28 heavy (non-hydrogen) atoms. The lowest BCUT2D eigenvalue weighted by atomic mass is 9.96. The van der Waals surface area contributed by atoms with Crippen molar-refractivity contribution in [3.05, 3.63) is 29.3 Å². The van der Waals surface area contributed by atoms with Crippen LogP contribution in [0.4, 0.5) is 4.79 Å². The SMILES string of the molecule is COc1ccc(C(C)=O)cc1CC(=O)OCC(=O)NC(=O)NC1CCCCC1. The van der Waals surface area contributed by atoms with Gasteiger partial charge in [-0.25, -0.2) is 4.79 Å². The molecule has 1 saturated carbocycles. The Morgan fingerprint density at radius 2 is 1.82 bits per heavy atom. The van der Waals surface area contributed by atoms with Crippen molar-refractivity contribution >= 4 is 23.7 Å². The van der Waals surface area contributed by atoms with E-state index in [1.807, 2.05) is 0 Å². The maximum atomic E-state index is 12.0. The zero-order valence-electron chi connectivity index (χ0n) is 16.2. The van der Waals surface area contributed by atoms with Crippen molar-refractivity contribution in [2.75, 3.05) is 13.7 Å². The zero-order valence-corrected chi connectivity index (χ0v) is 16.2. The maximum Gasteiger partial charge on any atom is 0.321 e. The van der Waals surface area contributed by atoms with Crippen LogP contribution >= 0.6 is 0 Å². The molecule has 0 spiro atoms. The van der Waals surface area contributed by atoms with Crippen LogP contribution in [0.1, 0.15) is 54.9 Å². The highest BCUT2D eigenvalue weighted by Gasteiger charge is 2.18. The van der Waals surface area contributed by atoms with Gasteiger partial charge in [0.25, 0.3) is 5.91 Å². The van der Waals surface area contributed by atoms with Gasteiger partial charge in [0.2, 0.25) is 0 Å². The van der Waals surface area contributed by atoms with Crippen LogP contribution in [-0.2, 0) is 20.7 Å². The smallest absolute Gasteiger partial charge is 0.321 e. The minimum absolute atomic E-state index is 0.0742. The molecule has 1 aliphatic rings. The Hall–Kier alpha value is -2.90. The highest BCUT2D eigenvalue weighted by atomic mass is 16.5. The van der Waals surface area contributed by atoms with Gasteiger partial charge in [0.1, 0.15) is 5.75 Å². The fourth-order valence-corrected chi connectivity index (χ4v) is 3.12. The molecule has 8 heteroatoms. The number of Topliss-reactive ketones (excluding diaryl/α,β-unsaturated/α-hetero) is 1. The van der Waals surface area contributed by atoms with Gasteiger partial charge >= 0.3 is 12.0 Å². The minimum Gasteiger partial charge on any atom is -0.496 e. The molecule has 3 amide bonds. The van der Waals surface area contributed by atoms with Crippen molar-refractivity contribution in [2.45, 2.75) is 51.5 Å². The summed E-state index contributed by atoms with van der Waals surface area (Å²) >= 11 is 0. The van der Waals surface area contributed by atoms with Crippen molar-refractivity contribution in [1.29, 1.82) is 0 Å². The van der Waals surface area contributed by atoms with Gasteiger partial charge in [-0.1, -0.05) is 19.3 Å². The number of carbonyl (C=O) groups excluding carboxylic acids is 4. The van der Waals surface area contributed by atoms with Gasteiger partial charge in [0.15, 0.2) is 12.4 Å². The third-order valence-electron chi connectivity index (χ3n) is 4.58. The number of esters is 1. The second-order valence-electron chi connectivity index (χ2n) is 6.78. The Bertz CT molecular complexity index is 740. The molecule has 0 saturated heterocycles. The second-order valence-corrected chi connectivity index (χ2v) is 6.78. The molecule has 1 aromatic carbocycles. The molecule has 0 heterocycles. The third-order valence-corrected chi connectivity index (χ3v) is 4.58. The first-order valence-corrected chi connectivity index (χ1v) is 9.33. The second kappa shape index (κ2) is 10.4. The van der Waals surface area contributed by atoms with E-state index >= 15 is 0 Å². The molecule has 2 rings (SSSR count). The molecule has 0 radical (unpaired) electrons. The van der Waals surface area contributed by atoms with Crippen LogP contribution in [0.15, 0.2) is 18.2 Å². The third kappa shape index (κ3) is 6.68. The maximum absolute atomic E-state index is 12.0. The van der Waals surface area contributed by atoms with Crippen molar-refractivity contribution in [3.63, 3.8) is 0 Å². The van der Waals surface area contributed by atoms with Crippen molar-refractivity contribution < 1.29 is 28.7 Å². The summed E-state index contributed by atoms with van der Waals surface area (Å²) in [6, 6.07) is 4.25. The van der Waals surface area contributed by atoms with E-state index in [1.165, 1.54) is 14.0 Å².